The lowest BCUT2D eigenvalue weighted by molar-refractivity contribution is 0.0819. The Morgan fingerprint density at radius 1 is 1.23 bits per heavy atom. The number of carbonyl (C=O) groups excluding carboxylic acids is 1. The average molecular weight is 184 g/mol. The Morgan fingerprint density at radius 3 is 3.00 bits per heavy atom. The van der Waals surface area contributed by atoms with Crippen LogP contribution in [0.4, 0.5) is 4.79 Å². The van der Waals surface area contributed by atoms with Gasteiger partial charge < -0.3 is 15.4 Å². The quantitative estimate of drug-likeness (QED) is 0.580. The maximum atomic E-state index is 11.1. The van der Waals surface area contributed by atoms with Gasteiger partial charge >= 0.3 is 6.09 Å². The third-order valence-electron chi connectivity index (χ3n) is 2.97. The number of hydrogen-bond acceptors (Lipinski definition) is 3. The molecule has 1 spiro atoms. The van der Waals surface area contributed by atoms with Gasteiger partial charge in [-0.15, -0.1) is 0 Å². The zero-order valence-electron chi connectivity index (χ0n) is 7.77. The van der Waals surface area contributed by atoms with Crippen molar-refractivity contribution in [1.82, 2.24) is 10.6 Å². The molecular formula is C9H16N2O2. The minimum absolute atomic E-state index is 0.0266. The Morgan fingerprint density at radius 2 is 2.15 bits per heavy atom. The van der Waals surface area contributed by atoms with Gasteiger partial charge in [-0.25, -0.2) is 4.79 Å². The van der Waals surface area contributed by atoms with Crippen LogP contribution in [-0.2, 0) is 4.74 Å². The smallest absolute Gasteiger partial charge is 0.407 e. The molecule has 74 valence electrons. The van der Waals surface area contributed by atoms with Crippen LogP contribution in [0.1, 0.15) is 25.7 Å². The Labute approximate surface area is 78.0 Å². The number of rotatable bonds is 0. The largest absolute Gasteiger partial charge is 0.449 e. The van der Waals surface area contributed by atoms with E-state index in [0.717, 1.165) is 38.8 Å². The van der Waals surface area contributed by atoms with Gasteiger partial charge in [0, 0.05) is 12.0 Å². The lowest BCUT2D eigenvalue weighted by Crippen LogP contribution is -2.53. The molecule has 0 bridgehead atoms. The van der Waals surface area contributed by atoms with E-state index >= 15 is 0 Å². The van der Waals surface area contributed by atoms with E-state index in [4.69, 9.17) is 4.74 Å². The molecule has 2 heterocycles. The van der Waals surface area contributed by atoms with Crippen molar-refractivity contribution in [1.29, 1.82) is 0 Å². The van der Waals surface area contributed by atoms with E-state index in [0.29, 0.717) is 6.61 Å². The van der Waals surface area contributed by atoms with Gasteiger partial charge in [-0.3, -0.25) is 0 Å². The summed E-state index contributed by atoms with van der Waals surface area (Å²) >= 11 is 0. The second-order valence-corrected chi connectivity index (χ2v) is 3.89. The highest BCUT2D eigenvalue weighted by atomic mass is 16.6. The van der Waals surface area contributed by atoms with E-state index in [9.17, 15) is 4.79 Å². The predicted molar refractivity (Wildman–Crippen MR) is 48.6 cm³/mol. The van der Waals surface area contributed by atoms with Crippen molar-refractivity contribution >= 4 is 6.09 Å². The first-order valence-corrected chi connectivity index (χ1v) is 4.96. The van der Waals surface area contributed by atoms with Gasteiger partial charge in [0.15, 0.2) is 0 Å². The highest BCUT2D eigenvalue weighted by Gasteiger charge is 2.35. The highest BCUT2D eigenvalue weighted by molar-refractivity contribution is 5.69. The molecule has 0 aromatic rings. The van der Waals surface area contributed by atoms with Crippen molar-refractivity contribution in [3.63, 3.8) is 0 Å². The Bertz CT molecular complexity index is 198. The molecule has 1 unspecified atom stereocenters. The third kappa shape index (κ3) is 1.94. The van der Waals surface area contributed by atoms with Gasteiger partial charge in [-0.05, 0) is 32.4 Å². The van der Waals surface area contributed by atoms with Gasteiger partial charge in [-0.2, -0.15) is 0 Å². The van der Waals surface area contributed by atoms with Gasteiger partial charge in [-0.1, -0.05) is 0 Å². The molecule has 0 aliphatic carbocycles. The first-order valence-electron chi connectivity index (χ1n) is 4.96. The van der Waals surface area contributed by atoms with Crippen LogP contribution < -0.4 is 10.6 Å². The standard InChI is InChI=1S/C9H16N2O2/c12-8-11-9(4-7-13-8)2-1-5-10-6-3-9/h10H,1-7H2,(H,11,12). The minimum atomic E-state index is -0.242. The number of alkyl carbamates (subject to hydrolysis) is 1. The van der Waals surface area contributed by atoms with E-state index in [1.165, 1.54) is 0 Å². The van der Waals surface area contributed by atoms with Crippen LogP contribution in [0, 0.1) is 0 Å². The molecule has 2 aliphatic heterocycles. The zero-order chi connectivity index (χ0) is 9.15. The van der Waals surface area contributed by atoms with Crippen molar-refractivity contribution in [3.8, 4) is 0 Å². The molecule has 0 saturated carbocycles. The van der Waals surface area contributed by atoms with E-state index in [-0.39, 0.29) is 11.6 Å². The topological polar surface area (TPSA) is 50.4 Å². The second kappa shape index (κ2) is 3.54. The number of nitrogens with one attached hydrogen (secondary N) is 2. The first-order chi connectivity index (χ1) is 6.31. The maximum absolute atomic E-state index is 11.1. The molecule has 1 amide bonds. The summed E-state index contributed by atoms with van der Waals surface area (Å²) in [5.41, 5.74) is 0.0266. The Balaban J connectivity index is 2.02. The molecule has 0 aromatic carbocycles. The molecule has 2 N–H and O–H groups in total. The fourth-order valence-corrected chi connectivity index (χ4v) is 2.16. The normalized spacial score (nSPS) is 34.9. The minimum Gasteiger partial charge on any atom is -0.449 e. The number of carbonyl (C=O) groups is 1. The number of amides is 1. The summed E-state index contributed by atoms with van der Waals surface area (Å²) < 4.78 is 4.88. The van der Waals surface area contributed by atoms with E-state index in [1.54, 1.807) is 0 Å². The maximum Gasteiger partial charge on any atom is 0.407 e. The van der Waals surface area contributed by atoms with Crippen LogP contribution in [0.5, 0.6) is 0 Å². The summed E-state index contributed by atoms with van der Waals surface area (Å²) in [6, 6.07) is 0. The molecule has 0 aromatic heterocycles. The van der Waals surface area contributed by atoms with Crippen LogP contribution in [0.15, 0.2) is 0 Å². The fourth-order valence-electron chi connectivity index (χ4n) is 2.16. The van der Waals surface area contributed by atoms with Crippen LogP contribution >= 0.6 is 0 Å². The van der Waals surface area contributed by atoms with Crippen molar-refractivity contribution in [2.24, 2.45) is 0 Å². The molecular weight excluding hydrogens is 168 g/mol. The zero-order valence-corrected chi connectivity index (χ0v) is 7.77. The van der Waals surface area contributed by atoms with Crippen molar-refractivity contribution in [2.45, 2.75) is 31.2 Å². The predicted octanol–water partition coefficient (Wildman–Crippen LogP) is 0.629. The third-order valence-corrected chi connectivity index (χ3v) is 2.97. The molecule has 1 atom stereocenters. The summed E-state index contributed by atoms with van der Waals surface area (Å²) in [4.78, 5) is 11.1. The Hall–Kier alpha value is -0.770. The molecule has 0 radical (unpaired) electrons. The summed E-state index contributed by atoms with van der Waals surface area (Å²) in [5.74, 6) is 0. The van der Waals surface area contributed by atoms with Gasteiger partial charge in [0.05, 0.1) is 6.61 Å². The van der Waals surface area contributed by atoms with Gasteiger partial charge in [0.25, 0.3) is 0 Å². The van der Waals surface area contributed by atoms with E-state index in [1.807, 2.05) is 0 Å². The fraction of sp³-hybridized carbons (Fsp3) is 0.889. The summed E-state index contributed by atoms with van der Waals surface area (Å²) in [7, 11) is 0. The van der Waals surface area contributed by atoms with Gasteiger partial charge in [0.1, 0.15) is 0 Å². The monoisotopic (exact) mass is 184 g/mol. The first kappa shape index (κ1) is 8.81. The molecule has 4 heteroatoms. The van der Waals surface area contributed by atoms with Crippen LogP contribution in [0.3, 0.4) is 0 Å². The SMILES string of the molecule is O=C1NC2(CCCNCC2)CCO1. The van der Waals surface area contributed by atoms with Crippen LogP contribution in [0.25, 0.3) is 0 Å². The lowest BCUT2D eigenvalue weighted by atomic mass is 9.87. The number of ether oxygens (including phenoxy) is 1. The summed E-state index contributed by atoms with van der Waals surface area (Å²) in [5, 5.41) is 6.31. The molecule has 4 nitrogen and oxygen atoms in total. The van der Waals surface area contributed by atoms with E-state index < -0.39 is 0 Å². The van der Waals surface area contributed by atoms with Crippen LogP contribution in [0.2, 0.25) is 0 Å². The van der Waals surface area contributed by atoms with E-state index in [2.05, 4.69) is 10.6 Å². The molecule has 2 aliphatic rings. The van der Waals surface area contributed by atoms with Crippen LogP contribution in [-0.4, -0.2) is 31.3 Å². The average Bonchev–Trinajstić information content (AvgIpc) is 2.31. The number of cyclic esters (lactones) is 1. The lowest BCUT2D eigenvalue weighted by Gasteiger charge is -2.36. The summed E-state index contributed by atoms with van der Waals surface area (Å²) in [6.45, 7) is 2.64. The molecule has 2 saturated heterocycles. The molecule has 13 heavy (non-hydrogen) atoms. The van der Waals surface area contributed by atoms with Crippen molar-refractivity contribution in [3.05, 3.63) is 0 Å². The van der Waals surface area contributed by atoms with Gasteiger partial charge in [0.2, 0.25) is 0 Å². The second-order valence-electron chi connectivity index (χ2n) is 3.89. The molecule has 2 fully saturated rings. The van der Waals surface area contributed by atoms with Crippen molar-refractivity contribution < 1.29 is 9.53 Å². The summed E-state index contributed by atoms with van der Waals surface area (Å²) in [6.07, 6.45) is 3.96. The Kier molecular flexibility index (Phi) is 2.40. The van der Waals surface area contributed by atoms with Crippen molar-refractivity contribution in [2.75, 3.05) is 19.7 Å². The highest BCUT2D eigenvalue weighted by Crippen LogP contribution is 2.26. The molecule has 2 rings (SSSR count). The number of hydrogen-bond donors (Lipinski definition) is 2.